The van der Waals surface area contributed by atoms with Gasteiger partial charge in [-0.15, -0.1) is 0 Å². The van der Waals surface area contributed by atoms with Crippen LogP contribution in [0, 0.1) is 5.82 Å². The minimum atomic E-state index is -3.87. The SMILES string of the molecule is CCOC(=O)c1ccc(NC(=O)COc2ccc(S(=O)(=O)Nc3ccc(F)cc3)cc2)cc1. The first kappa shape index (κ1) is 23.7. The smallest absolute Gasteiger partial charge is 0.338 e. The number of rotatable bonds is 9. The topological polar surface area (TPSA) is 111 Å². The van der Waals surface area contributed by atoms with Crippen LogP contribution in [0.1, 0.15) is 17.3 Å². The number of sulfonamides is 1. The second-order valence-corrected chi connectivity index (χ2v) is 8.40. The number of hydrogen-bond donors (Lipinski definition) is 2. The van der Waals surface area contributed by atoms with Gasteiger partial charge in [0.2, 0.25) is 0 Å². The molecule has 0 heterocycles. The highest BCUT2D eigenvalue weighted by Gasteiger charge is 2.15. The van der Waals surface area contributed by atoms with E-state index < -0.39 is 27.7 Å². The normalized spacial score (nSPS) is 10.8. The largest absolute Gasteiger partial charge is 0.484 e. The lowest BCUT2D eigenvalue weighted by molar-refractivity contribution is -0.118. The summed E-state index contributed by atoms with van der Waals surface area (Å²) < 4.78 is 50.5. The standard InChI is InChI=1S/C23H21FN2O6S/c1-2-31-23(28)16-3-7-18(8-4-16)25-22(27)15-32-20-11-13-21(14-12-20)33(29,30)26-19-9-5-17(24)6-10-19/h3-14,26H,2,15H2,1H3,(H,25,27). The van der Waals surface area contributed by atoms with Crippen molar-refractivity contribution in [3.63, 3.8) is 0 Å². The van der Waals surface area contributed by atoms with E-state index in [0.29, 0.717) is 17.0 Å². The van der Waals surface area contributed by atoms with Gasteiger partial charge in [0.15, 0.2) is 6.61 Å². The van der Waals surface area contributed by atoms with Crippen LogP contribution >= 0.6 is 0 Å². The highest BCUT2D eigenvalue weighted by molar-refractivity contribution is 7.92. The number of anilines is 2. The lowest BCUT2D eigenvalue weighted by atomic mass is 10.2. The maximum atomic E-state index is 13.0. The van der Waals surface area contributed by atoms with E-state index in [1.807, 2.05) is 0 Å². The Hall–Kier alpha value is -3.92. The highest BCUT2D eigenvalue weighted by Crippen LogP contribution is 2.20. The van der Waals surface area contributed by atoms with Gasteiger partial charge in [0.25, 0.3) is 15.9 Å². The molecule has 0 saturated heterocycles. The molecular weight excluding hydrogens is 451 g/mol. The lowest BCUT2D eigenvalue weighted by Crippen LogP contribution is -2.20. The van der Waals surface area contributed by atoms with Crippen LogP contribution in [0.5, 0.6) is 5.75 Å². The van der Waals surface area contributed by atoms with Gasteiger partial charge in [-0.2, -0.15) is 0 Å². The molecule has 0 aliphatic heterocycles. The fourth-order valence-corrected chi connectivity index (χ4v) is 3.76. The third-order valence-corrected chi connectivity index (χ3v) is 5.68. The summed E-state index contributed by atoms with van der Waals surface area (Å²) in [4.78, 5) is 23.7. The van der Waals surface area contributed by atoms with Gasteiger partial charge < -0.3 is 14.8 Å². The summed E-state index contributed by atoms with van der Waals surface area (Å²) in [5.74, 6) is -1.06. The van der Waals surface area contributed by atoms with Crippen molar-refractivity contribution in [2.75, 3.05) is 23.3 Å². The van der Waals surface area contributed by atoms with Crippen LogP contribution in [0.15, 0.2) is 77.7 Å². The molecule has 0 aromatic heterocycles. The third kappa shape index (κ3) is 6.78. The zero-order valence-corrected chi connectivity index (χ0v) is 18.4. The van der Waals surface area contributed by atoms with Crippen molar-refractivity contribution in [3.8, 4) is 5.75 Å². The second kappa shape index (κ2) is 10.6. The number of halogens is 1. The van der Waals surface area contributed by atoms with Gasteiger partial charge in [0.05, 0.1) is 17.1 Å². The molecule has 2 N–H and O–H groups in total. The van der Waals surface area contributed by atoms with Crippen molar-refractivity contribution < 1.29 is 31.9 Å². The molecule has 0 unspecified atom stereocenters. The van der Waals surface area contributed by atoms with Crippen LogP contribution in [-0.4, -0.2) is 33.5 Å². The molecule has 0 aliphatic rings. The minimum absolute atomic E-state index is 0.0229. The van der Waals surface area contributed by atoms with Crippen LogP contribution in [0.3, 0.4) is 0 Å². The van der Waals surface area contributed by atoms with E-state index in [0.717, 1.165) is 12.1 Å². The van der Waals surface area contributed by atoms with Gasteiger partial charge in [-0.3, -0.25) is 9.52 Å². The average Bonchev–Trinajstić information content (AvgIpc) is 2.80. The number of ether oxygens (including phenoxy) is 2. The predicted octanol–water partition coefficient (Wildman–Crippen LogP) is 3.82. The molecule has 0 radical (unpaired) electrons. The molecule has 10 heteroatoms. The molecule has 0 saturated carbocycles. The Balaban J connectivity index is 1.53. The number of amides is 1. The Kier molecular flexibility index (Phi) is 7.62. The summed E-state index contributed by atoms with van der Waals surface area (Å²) in [6.45, 7) is 1.68. The predicted molar refractivity (Wildman–Crippen MR) is 120 cm³/mol. The maximum absolute atomic E-state index is 13.0. The second-order valence-electron chi connectivity index (χ2n) is 6.72. The van der Waals surface area contributed by atoms with Crippen LogP contribution in [0.2, 0.25) is 0 Å². The number of nitrogens with one attached hydrogen (secondary N) is 2. The first-order chi connectivity index (χ1) is 15.8. The Bertz CT molecular complexity index is 1210. The summed E-state index contributed by atoms with van der Waals surface area (Å²) >= 11 is 0. The number of carbonyl (C=O) groups excluding carboxylic acids is 2. The van der Waals surface area contributed by atoms with Crippen molar-refractivity contribution in [1.82, 2.24) is 0 Å². The molecule has 172 valence electrons. The highest BCUT2D eigenvalue weighted by atomic mass is 32.2. The maximum Gasteiger partial charge on any atom is 0.338 e. The Morgan fingerprint density at radius 2 is 1.48 bits per heavy atom. The van der Waals surface area contributed by atoms with Gasteiger partial charge in [-0.05, 0) is 79.7 Å². The zero-order valence-electron chi connectivity index (χ0n) is 17.6. The number of esters is 1. The summed E-state index contributed by atoms with van der Waals surface area (Å²) in [6, 6.07) is 16.6. The Morgan fingerprint density at radius 1 is 0.879 bits per heavy atom. The summed E-state index contributed by atoms with van der Waals surface area (Å²) in [6.07, 6.45) is 0. The van der Waals surface area contributed by atoms with E-state index in [2.05, 4.69) is 10.0 Å². The Labute approximate surface area is 190 Å². The molecule has 3 aromatic carbocycles. The molecule has 0 spiro atoms. The van der Waals surface area contributed by atoms with E-state index in [9.17, 15) is 22.4 Å². The van der Waals surface area contributed by atoms with E-state index in [4.69, 9.17) is 9.47 Å². The van der Waals surface area contributed by atoms with E-state index in [-0.39, 0.29) is 23.8 Å². The molecule has 0 atom stereocenters. The first-order valence-electron chi connectivity index (χ1n) is 9.85. The lowest BCUT2D eigenvalue weighted by Gasteiger charge is -2.10. The van der Waals surface area contributed by atoms with Crippen LogP contribution in [-0.2, 0) is 19.6 Å². The number of carbonyl (C=O) groups is 2. The molecule has 0 bridgehead atoms. The average molecular weight is 472 g/mol. The van der Waals surface area contributed by atoms with Crippen molar-refractivity contribution in [1.29, 1.82) is 0 Å². The van der Waals surface area contributed by atoms with Gasteiger partial charge in [0.1, 0.15) is 11.6 Å². The molecule has 33 heavy (non-hydrogen) atoms. The van der Waals surface area contributed by atoms with Gasteiger partial charge in [-0.1, -0.05) is 0 Å². The van der Waals surface area contributed by atoms with E-state index in [1.165, 1.54) is 48.5 Å². The molecule has 0 fully saturated rings. The minimum Gasteiger partial charge on any atom is -0.484 e. The monoisotopic (exact) mass is 472 g/mol. The van der Waals surface area contributed by atoms with Crippen molar-refractivity contribution in [2.45, 2.75) is 11.8 Å². The number of hydrogen-bond acceptors (Lipinski definition) is 6. The van der Waals surface area contributed by atoms with Gasteiger partial charge >= 0.3 is 5.97 Å². The molecule has 3 aromatic rings. The number of benzene rings is 3. The van der Waals surface area contributed by atoms with Crippen molar-refractivity contribution in [2.24, 2.45) is 0 Å². The van der Waals surface area contributed by atoms with Crippen LogP contribution in [0.25, 0.3) is 0 Å². The summed E-state index contributed by atoms with van der Waals surface area (Å²) in [5, 5.41) is 2.63. The molecule has 3 rings (SSSR count). The fourth-order valence-electron chi connectivity index (χ4n) is 2.70. The quantitative estimate of drug-likeness (QED) is 0.458. The molecular formula is C23H21FN2O6S. The Morgan fingerprint density at radius 3 is 2.09 bits per heavy atom. The van der Waals surface area contributed by atoms with Crippen molar-refractivity contribution in [3.05, 3.63) is 84.2 Å². The molecule has 0 aliphatic carbocycles. The van der Waals surface area contributed by atoms with E-state index >= 15 is 0 Å². The van der Waals surface area contributed by atoms with E-state index in [1.54, 1.807) is 19.1 Å². The summed E-state index contributed by atoms with van der Waals surface area (Å²) in [7, 11) is -3.87. The molecule has 8 nitrogen and oxygen atoms in total. The van der Waals surface area contributed by atoms with Gasteiger partial charge in [0, 0.05) is 11.4 Å². The first-order valence-corrected chi connectivity index (χ1v) is 11.3. The summed E-state index contributed by atoms with van der Waals surface area (Å²) in [5.41, 5.74) is 1.07. The van der Waals surface area contributed by atoms with Crippen LogP contribution in [0.4, 0.5) is 15.8 Å². The molecule has 1 amide bonds. The zero-order chi connectivity index (χ0) is 23.8. The van der Waals surface area contributed by atoms with Crippen molar-refractivity contribution >= 4 is 33.3 Å². The van der Waals surface area contributed by atoms with Gasteiger partial charge in [-0.25, -0.2) is 17.6 Å². The van der Waals surface area contributed by atoms with Crippen LogP contribution < -0.4 is 14.8 Å². The third-order valence-electron chi connectivity index (χ3n) is 4.28. The fraction of sp³-hybridized carbons (Fsp3) is 0.130.